The zero-order valence-electron chi connectivity index (χ0n) is 16.7. The molecule has 0 saturated heterocycles. The van der Waals surface area contributed by atoms with Crippen LogP contribution in [-0.2, 0) is 4.79 Å². The van der Waals surface area contributed by atoms with Crippen LogP contribution in [0.15, 0.2) is 42.5 Å². The van der Waals surface area contributed by atoms with Crippen molar-refractivity contribution in [2.75, 3.05) is 6.61 Å². The van der Waals surface area contributed by atoms with Crippen LogP contribution in [0.2, 0.25) is 5.02 Å². The van der Waals surface area contributed by atoms with Crippen molar-refractivity contribution in [1.29, 1.82) is 0 Å². The average Bonchev–Trinajstić information content (AvgIpc) is 3.22. The lowest BCUT2D eigenvalue weighted by Gasteiger charge is -2.39. The number of carbonyl (C=O) groups is 2. The Kier molecular flexibility index (Phi) is 6.19. The molecule has 0 aromatic heterocycles. The monoisotopic (exact) mass is 468 g/mol. The molecule has 3 saturated carbocycles. The van der Waals surface area contributed by atoms with Crippen LogP contribution >= 0.6 is 11.6 Å². The van der Waals surface area contributed by atoms with Gasteiger partial charge in [-0.05, 0) is 55.5 Å². The maximum absolute atomic E-state index is 13.4. The van der Waals surface area contributed by atoms with Gasteiger partial charge in [0.1, 0.15) is 17.3 Å². The number of hydrogen-bond donors (Lipinski definition) is 2. The largest absolute Gasteiger partial charge is 0.484 e. The fourth-order valence-electron chi connectivity index (χ4n) is 4.40. The molecule has 0 aliphatic heterocycles. The van der Waals surface area contributed by atoms with E-state index in [9.17, 15) is 22.8 Å². The van der Waals surface area contributed by atoms with Gasteiger partial charge < -0.3 is 20.1 Å². The Hall–Kier alpha value is -2.94. The minimum Gasteiger partial charge on any atom is -0.484 e. The number of hydrogen-bond acceptors (Lipinski definition) is 4. The first kappa shape index (κ1) is 22.3. The van der Waals surface area contributed by atoms with Crippen molar-refractivity contribution in [3.63, 3.8) is 0 Å². The molecule has 2 aromatic rings. The zero-order valence-corrected chi connectivity index (χ0v) is 17.5. The molecule has 1 atom stereocenters. The molecule has 3 aliphatic carbocycles. The van der Waals surface area contributed by atoms with E-state index in [1.165, 1.54) is 36.4 Å². The second-order valence-electron chi connectivity index (χ2n) is 8.05. The molecule has 2 N–H and O–H groups in total. The van der Waals surface area contributed by atoms with Crippen molar-refractivity contribution in [2.24, 2.45) is 5.92 Å². The van der Waals surface area contributed by atoms with Gasteiger partial charge in [0.2, 0.25) is 0 Å². The predicted octanol–water partition coefficient (Wildman–Crippen LogP) is 3.93. The molecule has 32 heavy (non-hydrogen) atoms. The number of rotatable bonds is 8. The summed E-state index contributed by atoms with van der Waals surface area (Å²) in [6, 6.07) is 9.40. The van der Waals surface area contributed by atoms with E-state index in [1.807, 2.05) is 0 Å². The number of halogens is 4. The summed E-state index contributed by atoms with van der Waals surface area (Å²) >= 11 is 5.62. The molecular weight excluding hydrogens is 449 g/mol. The van der Waals surface area contributed by atoms with Crippen molar-refractivity contribution >= 4 is 23.4 Å². The number of fused-ring (bicyclic) bond motifs is 1. The summed E-state index contributed by atoms with van der Waals surface area (Å²) in [4.78, 5) is 24.9. The van der Waals surface area contributed by atoms with Gasteiger partial charge in [-0.2, -0.15) is 8.78 Å². The number of alkyl halides is 2. The van der Waals surface area contributed by atoms with Crippen LogP contribution in [0.5, 0.6) is 11.5 Å². The summed E-state index contributed by atoms with van der Waals surface area (Å²) in [6.07, 6.45) is 1.97. The SMILES string of the molecule is O=C(COc1ccc(Cl)c(F)c1)N[C@H]1CC2(NC(=O)c3cccc(OC(F)F)c3)CC1C2. The highest BCUT2D eigenvalue weighted by atomic mass is 35.5. The Morgan fingerprint density at radius 2 is 1.91 bits per heavy atom. The number of benzene rings is 2. The number of nitrogens with one attached hydrogen (secondary N) is 2. The van der Waals surface area contributed by atoms with Crippen molar-refractivity contribution in [3.8, 4) is 11.5 Å². The van der Waals surface area contributed by atoms with E-state index in [0.29, 0.717) is 19.3 Å². The Morgan fingerprint density at radius 1 is 1.12 bits per heavy atom. The van der Waals surface area contributed by atoms with E-state index < -0.39 is 18.0 Å². The molecule has 170 valence electrons. The van der Waals surface area contributed by atoms with E-state index in [0.717, 1.165) is 6.07 Å². The van der Waals surface area contributed by atoms with Gasteiger partial charge in [-0.3, -0.25) is 9.59 Å². The normalized spacial score (nSPS) is 23.4. The van der Waals surface area contributed by atoms with Crippen LogP contribution in [0, 0.1) is 11.7 Å². The van der Waals surface area contributed by atoms with Crippen LogP contribution in [0.3, 0.4) is 0 Å². The molecule has 2 amide bonds. The fourth-order valence-corrected chi connectivity index (χ4v) is 4.51. The van der Waals surface area contributed by atoms with E-state index in [1.54, 1.807) is 0 Å². The first-order valence-electron chi connectivity index (χ1n) is 9.98. The van der Waals surface area contributed by atoms with Crippen molar-refractivity contribution < 1.29 is 32.2 Å². The lowest BCUT2D eigenvalue weighted by molar-refractivity contribution is -0.124. The molecule has 2 aromatic carbocycles. The van der Waals surface area contributed by atoms with Gasteiger partial charge in [0, 0.05) is 23.2 Å². The smallest absolute Gasteiger partial charge is 0.387 e. The van der Waals surface area contributed by atoms with Crippen molar-refractivity contribution in [1.82, 2.24) is 10.6 Å². The Labute approximate surface area is 187 Å². The molecule has 0 radical (unpaired) electrons. The molecule has 6 nitrogen and oxygen atoms in total. The molecular formula is C22H20ClF3N2O4. The Bertz CT molecular complexity index is 1030. The highest BCUT2D eigenvalue weighted by Gasteiger charge is 2.57. The lowest BCUT2D eigenvalue weighted by atomic mass is 9.76. The second-order valence-corrected chi connectivity index (χ2v) is 8.46. The number of amides is 2. The molecule has 3 aliphatic rings. The predicted molar refractivity (Wildman–Crippen MR) is 109 cm³/mol. The first-order chi connectivity index (χ1) is 15.2. The third-order valence-corrected chi connectivity index (χ3v) is 6.10. The summed E-state index contributed by atoms with van der Waals surface area (Å²) in [5.74, 6) is -1.04. The highest BCUT2D eigenvalue weighted by molar-refractivity contribution is 6.30. The Balaban J connectivity index is 1.28. The van der Waals surface area contributed by atoms with Gasteiger partial charge in [-0.1, -0.05) is 17.7 Å². The van der Waals surface area contributed by atoms with Gasteiger partial charge in [-0.25, -0.2) is 4.39 Å². The molecule has 0 unspecified atom stereocenters. The maximum atomic E-state index is 13.4. The minimum atomic E-state index is -2.97. The first-order valence-corrected chi connectivity index (χ1v) is 10.4. The van der Waals surface area contributed by atoms with Crippen LogP contribution in [0.1, 0.15) is 29.6 Å². The molecule has 2 bridgehead atoms. The molecule has 0 spiro atoms. The van der Waals surface area contributed by atoms with Gasteiger partial charge >= 0.3 is 6.61 Å². The molecule has 0 heterocycles. The summed E-state index contributed by atoms with van der Waals surface area (Å²) < 4.78 is 47.9. The van der Waals surface area contributed by atoms with Gasteiger partial charge in [-0.15, -0.1) is 0 Å². The Morgan fingerprint density at radius 3 is 2.62 bits per heavy atom. The minimum absolute atomic E-state index is 0.0341. The third-order valence-electron chi connectivity index (χ3n) is 5.79. The van der Waals surface area contributed by atoms with E-state index in [-0.39, 0.29) is 52.5 Å². The molecule has 3 fully saturated rings. The summed E-state index contributed by atoms with van der Waals surface area (Å²) in [5, 5.41) is 5.83. The number of ether oxygens (including phenoxy) is 2. The second kappa shape index (κ2) is 8.90. The third kappa shape index (κ3) is 4.93. The zero-order chi connectivity index (χ0) is 22.9. The van der Waals surface area contributed by atoms with Crippen molar-refractivity contribution in [2.45, 2.75) is 37.5 Å². The average molecular weight is 469 g/mol. The van der Waals surface area contributed by atoms with Crippen LogP contribution in [0.25, 0.3) is 0 Å². The standard InChI is InChI=1S/C22H20ClF3N2O4/c23-16-5-4-14(7-17(16)24)31-11-19(29)27-18-10-22(8-13(18)9-22)28-20(30)12-2-1-3-15(6-12)32-21(25)26/h1-7,13,18,21H,8-11H2,(H,27,29)(H,28,30)/t13?,18-,22?/m0/s1. The topological polar surface area (TPSA) is 76.7 Å². The molecule has 10 heteroatoms. The van der Waals surface area contributed by atoms with E-state index in [4.69, 9.17) is 16.3 Å². The molecule has 5 rings (SSSR count). The lowest BCUT2D eigenvalue weighted by Crippen LogP contribution is -2.51. The summed E-state index contributed by atoms with van der Waals surface area (Å²) in [6.45, 7) is -3.25. The van der Waals surface area contributed by atoms with Gasteiger partial charge in [0.15, 0.2) is 6.61 Å². The van der Waals surface area contributed by atoms with Gasteiger partial charge in [0.25, 0.3) is 11.8 Å². The van der Waals surface area contributed by atoms with Crippen LogP contribution in [-0.4, -0.2) is 36.6 Å². The fraction of sp³-hybridized carbons (Fsp3) is 0.364. The highest BCUT2D eigenvalue weighted by Crippen LogP contribution is 2.52. The summed E-state index contributed by atoms with van der Waals surface area (Å²) in [7, 11) is 0. The van der Waals surface area contributed by atoms with E-state index in [2.05, 4.69) is 15.4 Å². The van der Waals surface area contributed by atoms with Crippen LogP contribution in [0.4, 0.5) is 13.2 Å². The summed E-state index contributed by atoms with van der Waals surface area (Å²) in [5.41, 5.74) is -0.226. The van der Waals surface area contributed by atoms with Crippen molar-refractivity contribution in [3.05, 3.63) is 58.9 Å². The maximum Gasteiger partial charge on any atom is 0.387 e. The quantitative estimate of drug-likeness (QED) is 0.615. The van der Waals surface area contributed by atoms with E-state index >= 15 is 0 Å². The van der Waals surface area contributed by atoms with Crippen LogP contribution < -0.4 is 20.1 Å². The van der Waals surface area contributed by atoms with Gasteiger partial charge in [0.05, 0.1) is 5.02 Å². The number of carbonyl (C=O) groups excluding carboxylic acids is 2.